The quantitative estimate of drug-likeness (QED) is 0.272. The molecule has 0 spiro atoms. The number of benzene rings is 4. The van der Waals surface area contributed by atoms with Gasteiger partial charge in [-0.3, -0.25) is 18.7 Å². The van der Waals surface area contributed by atoms with E-state index in [4.69, 9.17) is 0 Å². The van der Waals surface area contributed by atoms with Crippen LogP contribution in [0.2, 0.25) is 0 Å². The van der Waals surface area contributed by atoms with Gasteiger partial charge in [-0.15, -0.1) is 0 Å². The van der Waals surface area contributed by atoms with E-state index >= 15 is 4.39 Å². The number of H-pyrrole nitrogens is 1. The molecule has 1 aliphatic carbocycles. The van der Waals surface area contributed by atoms with Crippen molar-refractivity contribution in [3.63, 3.8) is 0 Å². The standard InChI is InChI=1S/C29H20FN3O4S2/c30-23-14-22-24(33(19-11-12-19)29-26(27(22)34)28(35)31-38-29)15-21(23)17-7-3-8-18(13-17)32-39(36,37)25-10-4-6-16-5-1-2-9-20(16)25/h1-10,13-15,19,32H,11-12H2,(H,31,35). The van der Waals surface area contributed by atoms with Crippen LogP contribution < -0.4 is 15.7 Å². The number of halogens is 1. The summed E-state index contributed by atoms with van der Waals surface area (Å²) in [7, 11) is -3.94. The molecule has 0 atom stereocenters. The molecule has 7 rings (SSSR count). The van der Waals surface area contributed by atoms with Crippen molar-refractivity contribution >= 4 is 59.1 Å². The van der Waals surface area contributed by atoms with Gasteiger partial charge in [-0.05, 0) is 65.7 Å². The van der Waals surface area contributed by atoms with E-state index in [1.54, 1.807) is 54.6 Å². The first-order chi connectivity index (χ1) is 18.8. The molecule has 0 radical (unpaired) electrons. The predicted molar refractivity (Wildman–Crippen MR) is 153 cm³/mol. The summed E-state index contributed by atoms with van der Waals surface area (Å²) < 4.78 is 49.4. The summed E-state index contributed by atoms with van der Waals surface area (Å²) >= 11 is 1.11. The van der Waals surface area contributed by atoms with Gasteiger partial charge in [-0.2, -0.15) is 0 Å². The number of rotatable bonds is 5. The fraction of sp³-hybridized carbons (Fsp3) is 0.103. The SMILES string of the molecule is O=c1[nH]sc2c1c(=O)c1cc(F)c(-c3cccc(NS(=O)(=O)c4cccc5ccccc45)c3)cc1n2C1CC1. The van der Waals surface area contributed by atoms with Crippen LogP contribution in [-0.2, 0) is 10.0 Å². The molecule has 2 aromatic heterocycles. The van der Waals surface area contributed by atoms with Crippen molar-refractivity contribution in [2.24, 2.45) is 0 Å². The molecule has 0 unspecified atom stereocenters. The normalized spacial score (nSPS) is 13.9. The van der Waals surface area contributed by atoms with Gasteiger partial charge in [-0.25, -0.2) is 12.8 Å². The molecule has 0 saturated heterocycles. The fourth-order valence-corrected chi connectivity index (χ4v) is 7.36. The Labute approximate surface area is 225 Å². The van der Waals surface area contributed by atoms with E-state index in [0.29, 0.717) is 21.3 Å². The van der Waals surface area contributed by atoms with E-state index in [-0.39, 0.29) is 33.0 Å². The van der Waals surface area contributed by atoms with Crippen molar-refractivity contribution in [3.8, 4) is 11.1 Å². The molecule has 0 amide bonds. The second-order valence-electron chi connectivity index (χ2n) is 9.66. The van der Waals surface area contributed by atoms with Crippen molar-refractivity contribution < 1.29 is 12.8 Å². The number of pyridine rings is 1. The van der Waals surface area contributed by atoms with Gasteiger partial charge in [-0.1, -0.05) is 48.5 Å². The molecule has 39 heavy (non-hydrogen) atoms. The minimum atomic E-state index is -3.94. The molecule has 0 aliphatic heterocycles. The third-order valence-corrected chi connectivity index (χ3v) is 9.41. The minimum Gasteiger partial charge on any atom is -0.328 e. The number of hydrogen-bond donors (Lipinski definition) is 2. The number of fused-ring (bicyclic) bond motifs is 3. The van der Waals surface area contributed by atoms with Crippen LogP contribution in [0, 0.1) is 5.82 Å². The summed E-state index contributed by atoms with van der Waals surface area (Å²) in [6.07, 6.45) is 1.80. The van der Waals surface area contributed by atoms with E-state index in [1.807, 2.05) is 22.8 Å². The highest BCUT2D eigenvalue weighted by atomic mass is 32.2. The summed E-state index contributed by atoms with van der Waals surface area (Å²) in [6.45, 7) is 0. The summed E-state index contributed by atoms with van der Waals surface area (Å²) in [5.41, 5.74) is 0.532. The number of nitrogens with zero attached hydrogens (tertiary/aromatic N) is 1. The Morgan fingerprint density at radius 3 is 2.51 bits per heavy atom. The topological polar surface area (TPSA) is 101 Å². The van der Waals surface area contributed by atoms with Crippen LogP contribution >= 0.6 is 11.5 Å². The van der Waals surface area contributed by atoms with Crippen molar-refractivity contribution in [2.75, 3.05) is 4.72 Å². The Hall–Kier alpha value is -4.28. The van der Waals surface area contributed by atoms with Crippen molar-refractivity contribution in [2.45, 2.75) is 23.8 Å². The molecule has 4 aromatic carbocycles. The van der Waals surface area contributed by atoms with Crippen LogP contribution in [0.15, 0.2) is 93.3 Å². The highest BCUT2D eigenvalue weighted by molar-refractivity contribution is 7.93. The molecule has 1 fully saturated rings. The van der Waals surface area contributed by atoms with E-state index in [2.05, 4.69) is 9.10 Å². The number of hydrogen-bond acceptors (Lipinski definition) is 5. The predicted octanol–water partition coefficient (Wildman–Crippen LogP) is 6.00. The summed E-state index contributed by atoms with van der Waals surface area (Å²) in [6, 6.07) is 21.7. The fourth-order valence-electron chi connectivity index (χ4n) is 5.16. The second-order valence-corrected chi connectivity index (χ2v) is 12.1. The zero-order valence-corrected chi connectivity index (χ0v) is 21.9. The molecular formula is C29H20FN3O4S2. The van der Waals surface area contributed by atoms with E-state index in [1.165, 1.54) is 6.07 Å². The molecular weight excluding hydrogens is 537 g/mol. The minimum absolute atomic E-state index is 0.0522. The van der Waals surface area contributed by atoms with Crippen LogP contribution in [0.5, 0.6) is 0 Å². The molecule has 10 heteroatoms. The molecule has 2 N–H and O–H groups in total. The van der Waals surface area contributed by atoms with Gasteiger partial charge < -0.3 is 4.57 Å². The average molecular weight is 558 g/mol. The zero-order chi connectivity index (χ0) is 26.9. The van der Waals surface area contributed by atoms with Gasteiger partial charge in [0.15, 0.2) is 0 Å². The van der Waals surface area contributed by atoms with Crippen LogP contribution in [0.1, 0.15) is 18.9 Å². The molecule has 2 heterocycles. The van der Waals surface area contributed by atoms with Crippen LogP contribution in [-0.4, -0.2) is 17.4 Å². The number of sulfonamides is 1. The smallest absolute Gasteiger partial charge is 0.271 e. The lowest BCUT2D eigenvalue weighted by Crippen LogP contribution is -2.15. The highest BCUT2D eigenvalue weighted by Crippen LogP contribution is 2.41. The number of nitrogens with one attached hydrogen (secondary N) is 2. The Balaban J connectivity index is 1.35. The summed E-state index contributed by atoms with van der Waals surface area (Å²) in [5, 5.41) is 1.60. The second kappa shape index (κ2) is 8.62. The van der Waals surface area contributed by atoms with Gasteiger partial charge >= 0.3 is 0 Å². The summed E-state index contributed by atoms with van der Waals surface area (Å²) in [4.78, 5) is 26.2. The zero-order valence-electron chi connectivity index (χ0n) is 20.3. The summed E-state index contributed by atoms with van der Waals surface area (Å²) in [5.74, 6) is -0.637. The maximum Gasteiger partial charge on any atom is 0.271 e. The third-order valence-electron chi connectivity index (χ3n) is 7.09. The number of aromatic nitrogens is 2. The van der Waals surface area contributed by atoms with Gasteiger partial charge in [0.1, 0.15) is 16.0 Å². The molecule has 1 saturated carbocycles. The first-order valence-electron chi connectivity index (χ1n) is 12.3. The van der Waals surface area contributed by atoms with Gasteiger partial charge in [0, 0.05) is 28.1 Å². The lowest BCUT2D eigenvalue weighted by molar-refractivity contribution is 0.602. The Morgan fingerprint density at radius 2 is 1.69 bits per heavy atom. The van der Waals surface area contributed by atoms with Gasteiger partial charge in [0.25, 0.3) is 15.6 Å². The lowest BCUT2D eigenvalue weighted by atomic mass is 10.0. The van der Waals surface area contributed by atoms with Crippen LogP contribution in [0.25, 0.3) is 43.0 Å². The first-order valence-corrected chi connectivity index (χ1v) is 14.6. The monoisotopic (exact) mass is 557 g/mol. The maximum absolute atomic E-state index is 15.5. The molecule has 1 aliphatic rings. The van der Waals surface area contributed by atoms with E-state index in [0.717, 1.165) is 29.8 Å². The maximum atomic E-state index is 15.5. The first kappa shape index (κ1) is 23.8. The Morgan fingerprint density at radius 1 is 0.923 bits per heavy atom. The Kier molecular flexibility index (Phi) is 5.26. The van der Waals surface area contributed by atoms with Crippen LogP contribution in [0.4, 0.5) is 10.1 Å². The lowest BCUT2D eigenvalue weighted by Gasteiger charge is -2.15. The molecule has 194 valence electrons. The van der Waals surface area contributed by atoms with Gasteiger partial charge in [0.2, 0.25) is 5.43 Å². The third kappa shape index (κ3) is 3.86. The highest BCUT2D eigenvalue weighted by Gasteiger charge is 2.29. The largest absolute Gasteiger partial charge is 0.328 e. The number of anilines is 1. The van der Waals surface area contributed by atoms with Crippen LogP contribution in [0.3, 0.4) is 0 Å². The molecule has 7 nitrogen and oxygen atoms in total. The average Bonchev–Trinajstić information content (AvgIpc) is 3.69. The van der Waals surface area contributed by atoms with Crippen molar-refractivity contribution in [3.05, 3.63) is 105 Å². The molecule has 0 bridgehead atoms. The van der Waals surface area contributed by atoms with Crippen molar-refractivity contribution in [1.82, 2.24) is 8.94 Å². The van der Waals surface area contributed by atoms with E-state index < -0.39 is 26.8 Å². The van der Waals surface area contributed by atoms with Crippen molar-refractivity contribution in [1.29, 1.82) is 0 Å². The number of aromatic amines is 1. The van der Waals surface area contributed by atoms with E-state index in [9.17, 15) is 18.0 Å². The Bertz CT molecular complexity index is 2190. The molecule has 6 aromatic rings. The van der Waals surface area contributed by atoms with Gasteiger partial charge in [0.05, 0.1) is 10.4 Å².